The van der Waals surface area contributed by atoms with Crippen LogP contribution < -0.4 is 5.73 Å². The number of likely N-dealkylation sites (tertiary alicyclic amines) is 1. The number of piperazine rings is 1. The van der Waals surface area contributed by atoms with E-state index >= 15 is 0 Å². The van der Waals surface area contributed by atoms with E-state index in [-0.39, 0.29) is 30.1 Å². The van der Waals surface area contributed by atoms with Gasteiger partial charge < -0.3 is 25.2 Å². The number of piperidine rings is 1. The second kappa shape index (κ2) is 11.4. The molecule has 0 bridgehead atoms. The second-order valence-electron chi connectivity index (χ2n) is 9.32. The lowest BCUT2D eigenvalue weighted by Gasteiger charge is -2.36. The smallest absolute Gasteiger partial charge is 0.410 e. The Balaban J connectivity index is 0.00000392. The van der Waals surface area contributed by atoms with Crippen LogP contribution in [0.5, 0.6) is 0 Å². The van der Waals surface area contributed by atoms with Gasteiger partial charge in [0.25, 0.3) is 0 Å². The van der Waals surface area contributed by atoms with Crippen molar-refractivity contribution in [3.8, 4) is 0 Å². The van der Waals surface area contributed by atoms with E-state index in [1.807, 2.05) is 20.8 Å². The highest BCUT2D eigenvalue weighted by molar-refractivity contribution is 14.0. The van der Waals surface area contributed by atoms with Crippen LogP contribution in [0.4, 0.5) is 4.79 Å². The number of guanidine groups is 1. The molecule has 0 aromatic carbocycles. The van der Waals surface area contributed by atoms with Gasteiger partial charge in [0, 0.05) is 45.8 Å². The number of halogens is 1. The number of hydrogen-bond acceptors (Lipinski definition) is 4. The van der Waals surface area contributed by atoms with Gasteiger partial charge in [-0.05, 0) is 52.0 Å². The third-order valence-electron chi connectivity index (χ3n) is 4.99. The molecule has 1 atom stereocenters. The highest BCUT2D eigenvalue weighted by Gasteiger charge is 2.27. The molecule has 2 N–H and O–H groups in total. The van der Waals surface area contributed by atoms with E-state index < -0.39 is 5.60 Å². The predicted molar refractivity (Wildman–Crippen MR) is 125 cm³/mol. The fourth-order valence-electron chi connectivity index (χ4n) is 3.75. The standard InChI is InChI=1S/C20H39N5O2.HI/c1-16(2)14-23-8-6-7-17(15-23)13-22-18(21)24-9-11-25(12-10-24)19(26)27-20(3,4)5;/h16-17H,6-15H2,1-5H3,(H2,21,22);1H. The number of nitrogens with zero attached hydrogens (tertiary/aromatic N) is 4. The van der Waals surface area contributed by atoms with E-state index in [1.165, 1.54) is 25.9 Å². The fourth-order valence-corrected chi connectivity index (χ4v) is 3.75. The second-order valence-corrected chi connectivity index (χ2v) is 9.32. The van der Waals surface area contributed by atoms with Crippen molar-refractivity contribution in [2.24, 2.45) is 22.6 Å². The van der Waals surface area contributed by atoms with Crippen LogP contribution in [0.3, 0.4) is 0 Å². The van der Waals surface area contributed by atoms with Crippen LogP contribution in [-0.2, 0) is 4.74 Å². The van der Waals surface area contributed by atoms with Crippen LogP contribution in [-0.4, -0.2) is 84.7 Å². The summed E-state index contributed by atoms with van der Waals surface area (Å²) in [6, 6.07) is 0. The Labute approximate surface area is 188 Å². The van der Waals surface area contributed by atoms with Crippen molar-refractivity contribution < 1.29 is 9.53 Å². The summed E-state index contributed by atoms with van der Waals surface area (Å²) in [4.78, 5) is 23.2. The molecule has 164 valence electrons. The molecule has 0 radical (unpaired) electrons. The molecule has 8 heteroatoms. The summed E-state index contributed by atoms with van der Waals surface area (Å²) in [6.07, 6.45) is 2.24. The Morgan fingerprint density at radius 2 is 1.75 bits per heavy atom. The highest BCUT2D eigenvalue weighted by Crippen LogP contribution is 2.18. The Morgan fingerprint density at radius 1 is 1.14 bits per heavy atom. The minimum atomic E-state index is -0.460. The Kier molecular flexibility index (Phi) is 10.3. The molecule has 0 spiro atoms. The summed E-state index contributed by atoms with van der Waals surface area (Å²) in [5.41, 5.74) is 5.77. The zero-order valence-electron chi connectivity index (χ0n) is 18.3. The van der Waals surface area contributed by atoms with Crippen molar-refractivity contribution in [1.82, 2.24) is 14.7 Å². The van der Waals surface area contributed by atoms with Gasteiger partial charge in [-0.25, -0.2) is 4.79 Å². The lowest BCUT2D eigenvalue weighted by molar-refractivity contribution is 0.0186. The maximum atomic E-state index is 12.1. The molecular formula is C20H40IN5O2. The molecule has 0 aromatic heterocycles. The van der Waals surface area contributed by atoms with Gasteiger partial charge in [-0.1, -0.05) is 13.8 Å². The molecule has 0 saturated carbocycles. The molecule has 2 rings (SSSR count). The van der Waals surface area contributed by atoms with E-state index in [2.05, 4.69) is 28.6 Å². The van der Waals surface area contributed by atoms with Gasteiger partial charge in [0.05, 0.1) is 0 Å². The van der Waals surface area contributed by atoms with Gasteiger partial charge in [0.2, 0.25) is 0 Å². The number of carbonyl (C=O) groups is 1. The lowest BCUT2D eigenvalue weighted by Crippen LogP contribution is -2.53. The van der Waals surface area contributed by atoms with Gasteiger partial charge in [-0.3, -0.25) is 4.99 Å². The van der Waals surface area contributed by atoms with Crippen LogP contribution >= 0.6 is 24.0 Å². The summed E-state index contributed by atoms with van der Waals surface area (Å²) in [7, 11) is 0. The number of amides is 1. The van der Waals surface area contributed by atoms with E-state index in [0.29, 0.717) is 44.0 Å². The largest absolute Gasteiger partial charge is 0.444 e. The fraction of sp³-hybridized carbons (Fsp3) is 0.900. The number of rotatable bonds is 4. The SMILES string of the molecule is CC(C)CN1CCCC(CN=C(N)N2CCN(C(=O)OC(C)(C)C)CC2)C1.I. The summed E-state index contributed by atoms with van der Waals surface area (Å²) >= 11 is 0. The number of ether oxygens (including phenoxy) is 1. The molecule has 0 aromatic rings. The predicted octanol–water partition coefficient (Wildman–Crippen LogP) is 2.84. The van der Waals surface area contributed by atoms with E-state index in [0.717, 1.165) is 13.1 Å². The van der Waals surface area contributed by atoms with Gasteiger partial charge in [0.1, 0.15) is 5.60 Å². The highest BCUT2D eigenvalue weighted by atomic mass is 127. The number of carbonyl (C=O) groups excluding carboxylic acids is 1. The van der Waals surface area contributed by atoms with Crippen molar-refractivity contribution >= 4 is 36.0 Å². The third-order valence-corrected chi connectivity index (χ3v) is 4.99. The molecule has 7 nitrogen and oxygen atoms in total. The van der Waals surface area contributed by atoms with Gasteiger partial charge in [-0.2, -0.15) is 0 Å². The number of aliphatic imine (C=N–C) groups is 1. The molecule has 2 aliphatic rings. The average Bonchev–Trinajstić information content (AvgIpc) is 2.58. The molecule has 1 unspecified atom stereocenters. The van der Waals surface area contributed by atoms with Crippen molar-refractivity contribution in [3.63, 3.8) is 0 Å². The molecule has 2 heterocycles. The molecule has 2 saturated heterocycles. The van der Waals surface area contributed by atoms with Crippen LogP contribution in [0.25, 0.3) is 0 Å². The van der Waals surface area contributed by atoms with Gasteiger partial charge in [0.15, 0.2) is 5.96 Å². The first kappa shape index (κ1) is 25.3. The Bertz CT molecular complexity index is 513. The van der Waals surface area contributed by atoms with Gasteiger partial charge >= 0.3 is 6.09 Å². The van der Waals surface area contributed by atoms with Crippen LogP contribution in [0.1, 0.15) is 47.5 Å². The van der Waals surface area contributed by atoms with Crippen molar-refractivity contribution in [3.05, 3.63) is 0 Å². The lowest BCUT2D eigenvalue weighted by atomic mass is 9.97. The molecule has 28 heavy (non-hydrogen) atoms. The van der Waals surface area contributed by atoms with Gasteiger partial charge in [-0.15, -0.1) is 24.0 Å². The van der Waals surface area contributed by atoms with Crippen molar-refractivity contribution in [2.45, 2.75) is 53.1 Å². The summed E-state index contributed by atoms with van der Waals surface area (Å²) in [5.74, 6) is 1.91. The van der Waals surface area contributed by atoms with E-state index in [9.17, 15) is 4.79 Å². The molecule has 2 aliphatic heterocycles. The average molecular weight is 509 g/mol. The maximum Gasteiger partial charge on any atom is 0.410 e. The number of nitrogens with two attached hydrogens (primary N) is 1. The van der Waals surface area contributed by atoms with E-state index in [1.54, 1.807) is 4.90 Å². The molecule has 1 amide bonds. The molecule has 2 fully saturated rings. The molecule has 0 aliphatic carbocycles. The first-order chi connectivity index (χ1) is 12.6. The van der Waals surface area contributed by atoms with Crippen LogP contribution in [0.2, 0.25) is 0 Å². The minimum absolute atomic E-state index is 0. The molecular weight excluding hydrogens is 469 g/mol. The minimum Gasteiger partial charge on any atom is -0.444 e. The Hall–Kier alpha value is -0.770. The van der Waals surface area contributed by atoms with Crippen molar-refractivity contribution in [2.75, 3.05) is 52.4 Å². The zero-order valence-corrected chi connectivity index (χ0v) is 20.6. The summed E-state index contributed by atoms with van der Waals surface area (Å²) in [5, 5.41) is 0. The van der Waals surface area contributed by atoms with Crippen LogP contribution in [0.15, 0.2) is 4.99 Å². The monoisotopic (exact) mass is 509 g/mol. The Morgan fingerprint density at radius 3 is 2.32 bits per heavy atom. The topological polar surface area (TPSA) is 74.4 Å². The number of hydrogen-bond donors (Lipinski definition) is 1. The quantitative estimate of drug-likeness (QED) is 0.359. The summed E-state index contributed by atoms with van der Waals surface area (Å²) in [6.45, 7) is 17.2. The maximum absolute atomic E-state index is 12.1. The summed E-state index contributed by atoms with van der Waals surface area (Å²) < 4.78 is 5.44. The van der Waals surface area contributed by atoms with E-state index in [4.69, 9.17) is 10.5 Å². The third kappa shape index (κ3) is 8.71. The van der Waals surface area contributed by atoms with Crippen molar-refractivity contribution in [1.29, 1.82) is 0 Å². The first-order valence-corrected chi connectivity index (χ1v) is 10.4. The first-order valence-electron chi connectivity index (χ1n) is 10.4. The normalized spacial score (nSPS) is 22.2. The van der Waals surface area contributed by atoms with Crippen LogP contribution in [0, 0.1) is 11.8 Å². The zero-order chi connectivity index (χ0) is 20.0.